The molecule has 0 bridgehead atoms. The SMILES string of the molecule is O=C(O)c1c(Br)c2ccc(O)cc2n1C(=O)O. The molecule has 88 valence electrons. The van der Waals surface area contributed by atoms with Gasteiger partial charge in [0.25, 0.3) is 0 Å². The third-order valence-electron chi connectivity index (χ3n) is 2.28. The zero-order chi connectivity index (χ0) is 12.7. The number of benzene rings is 1. The molecule has 3 N–H and O–H groups in total. The smallest absolute Gasteiger partial charge is 0.416 e. The highest BCUT2D eigenvalue weighted by atomic mass is 79.9. The molecule has 1 aromatic carbocycles. The lowest BCUT2D eigenvalue weighted by molar-refractivity contribution is 0.0683. The van der Waals surface area contributed by atoms with Gasteiger partial charge in [-0.1, -0.05) is 0 Å². The zero-order valence-corrected chi connectivity index (χ0v) is 9.80. The molecular formula is C10H6BrNO5. The van der Waals surface area contributed by atoms with Crippen molar-refractivity contribution in [3.63, 3.8) is 0 Å². The van der Waals surface area contributed by atoms with E-state index in [1.807, 2.05) is 0 Å². The van der Waals surface area contributed by atoms with Crippen LogP contribution in [0.4, 0.5) is 4.79 Å². The van der Waals surface area contributed by atoms with Crippen molar-refractivity contribution < 1.29 is 24.9 Å². The van der Waals surface area contributed by atoms with Gasteiger partial charge in [-0.25, -0.2) is 14.2 Å². The molecule has 1 heterocycles. The first-order chi connectivity index (χ1) is 7.93. The number of carboxylic acids is 1. The van der Waals surface area contributed by atoms with Crippen LogP contribution in [0.25, 0.3) is 10.9 Å². The van der Waals surface area contributed by atoms with Gasteiger partial charge in [0.05, 0.1) is 9.99 Å². The maximum absolute atomic E-state index is 11.1. The standard InChI is InChI=1S/C10H6BrNO5/c11-7-5-2-1-4(13)3-6(5)12(10(16)17)8(7)9(14)15/h1-3,13H,(H,14,15)(H,16,17). The maximum atomic E-state index is 11.1. The fourth-order valence-corrected chi connectivity index (χ4v) is 2.31. The molecule has 0 saturated heterocycles. The molecule has 1 aromatic heterocycles. The molecule has 6 nitrogen and oxygen atoms in total. The number of hydrogen-bond acceptors (Lipinski definition) is 3. The van der Waals surface area contributed by atoms with Crippen LogP contribution < -0.4 is 0 Å². The molecule has 0 fully saturated rings. The molecule has 0 atom stereocenters. The van der Waals surface area contributed by atoms with Crippen molar-refractivity contribution >= 4 is 38.9 Å². The van der Waals surface area contributed by atoms with Crippen LogP contribution in [0.15, 0.2) is 22.7 Å². The van der Waals surface area contributed by atoms with Crippen molar-refractivity contribution in [2.75, 3.05) is 0 Å². The first-order valence-corrected chi connectivity index (χ1v) is 5.22. The number of aromatic nitrogens is 1. The molecule has 0 amide bonds. The minimum absolute atomic E-state index is 0.113. The number of fused-ring (bicyclic) bond motifs is 1. The van der Waals surface area contributed by atoms with Gasteiger partial charge in [-0.3, -0.25) is 0 Å². The Morgan fingerprint density at radius 3 is 2.41 bits per heavy atom. The van der Waals surface area contributed by atoms with E-state index in [0.29, 0.717) is 9.95 Å². The predicted molar refractivity (Wildman–Crippen MR) is 61.7 cm³/mol. The largest absolute Gasteiger partial charge is 0.508 e. The van der Waals surface area contributed by atoms with Crippen molar-refractivity contribution in [3.05, 3.63) is 28.4 Å². The molecule has 2 rings (SSSR count). The predicted octanol–water partition coefficient (Wildman–Crippen LogP) is 2.33. The average Bonchev–Trinajstić information content (AvgIpc) is 2.51. The number of halogens is 1. The Balaban J connectivity index is 2.99. The fourth-order valence-electron chi connectivity index (χ4n) is 1.63. The lowest BCUT2D eigenvalue weighted by Gasteiger charge is -2.01. The highest BCUT2D eigenvalue weighted by Gasteiger charge is 2.24. The van der Waals surface area contributed by atoms with E-state index in [9.17, 15) is 14.7 Å². The maximum Gasteiger partial charge on any atom is 0.416 e. The Hall–Kier alpha value is -2.02. The topological polar surface area (TPSA) is 99.8 Å². The molecule has 0 aliphatic heterocycles. The summed E-state index contributed by atoms with van der Waals surface area (Å²) >= 11 is 3.05. The summed E-state index contributed by atoms with van der Waals surface area (Å²) < 4.78 is 0.781. The highest BCUT2D eigenvalue weighted by Crippen LogP contribution is 2.33. The van der Waals surface area contributed by atoms with Gasteiger partial charge < -0.3 is 15.3 Å². The Bertz CT molecular complexity index is 646. The van der Waals surface area contributed by atoms with Gasteiger partial charge in [0.2, 0.25) is 0 Å². The van der Waals surface area contributed by atoms with E-state index in [2.05, 4.69) is 15.9 Å². The lowest BCUT2D eigenvalue weighted by Crippen LogP contribution is -2.15. The molecule has 0 unspecified atom stereocenters. The lowest BCUT2D eigenvalue weighted by atomic mass is 10.2. The summed E-state index contributed by atoms with van der Waals surface area (Å²) in [7, 11) is 0. The van der Waals surface area contributed by atoms with Crippen molar-refractivity contribution in [1.82, 2.24) is 4.57 Å². The minimum atomic E-state index is -1.43. The van der Waals surface area contributed by atoms with Crippen LogP contribution in [0.2, 0.25) is 0 Å². The summed E-state index contributed by atoms with van der Waals surface area (Å²) in [4.78, 5) is 22.1. The second-order valence-corrected chi connectivity index (χ2v) is 4.08. The van der Waals surface area contributed by atoms with Crippen LogP contribution in [0, 0.1) is 0 Å². The summed E-state index contributed by atoms with van der Waals surface area (Å²) in [6.45, 7) is 0. The second-order valence-electron chi connectivity index (χ2n) is 3.29. The number of carbonyl (C=O) groups is 2. The third kappa shape index (κ3) is 1.64. The summed E-state index contributed by atoms with van der Waals surface area (Å²) in [6.07, 6.45) is -1.43. The Kier molecular flexibility index (Phi) is 2.55. The van der Waals surface area contributed by atoms with Crippen LogP contribution in [0.3, 0.4) is 0 Å². The summed E-state index contributed by atoms with van der Waals surface area (Å²) in [5.41, 5.74) is -0.278. The van der Waals surface area contributed by atoms with Crippen molar-refractivity contribution in [2.45, 2.75) is 0 Å². The van der Waals surface area contributed by atoms with E-state index >= 15 is 0 Å². The molecular weight excluding hydrogens is 294 g/mol. The summed E-state index contributed by atoms with van der Waals surface area (Å²) in [5.74, 6) is -1.50. The first kappa shape index (κ1) is 11.5. The number of phenolic OH excluding ortho intramolecular Hbond substituents is 1. The van der Waals surface area contributed by atoms with Gasteiger partial charge in [0.15, 0.2) is 5.69 Å². The molecule has 17 heavy (non-hydrogen) atoms. The van der Waals surface area contributed by atoms with E-state index in [1.165, 1.54) is 18.2 Å². The number of aromatic carboxylic acids is 1. The number of carboxylic acid groups (broad SMARTS) is 2. The Morgan fingerprint density at radius 1 is 1.24 bits per heavy atom. The average molecular weight is 300 g/mol. The van der Waals surface area contributed by atoms with E-state index in [0.717, 1.165) is 0 Å². The van der Waals surface area contributed by atoms with Crippen LogP contribution in [-0.4, -0.2) is 31.9 Å². The van der Waals surface area contributed by atoms with E-state index < -0.39 is 17.8 Å². The van der Waals surface area contributed by atoms with Crippen LogP contribution in [-0.2, 0) is 0 Å². The number of aromatic hydroxyl groups is 1. The number of hydrogen-bond donors (Lipinski definition) is 3. The van der Waals surface area contributed by atoms with E-state index in [1.54, 1.807) is 0 Å². The molecule has 0 aliphatic carbocycles. The van der Waals surface area contributed by atoms with Gasteiger partial charge in [0.1, 0.15) is 5.75 Å². The monoisotopic (exact) mass is 299 g/mol. The van der Waals surface area contributed by atoms with Gasteiger partial charge in [0, 0.05) is 11.5 Å². The minimum Gasteiger partial charge on any atom is -0.508 e. The van der Waals surface area contributed by atoms with Crippen molar-refractivity contribution in [2.24, 2.45) is 0 Å². The summed E-state index contributed by atoms with van der Waals surface area (Å²) in [6, 6.07) is 3.99. The highest BCUT2D eigenvalue weighted by molar-refractivity contribution is 9.10. The van der Waals surface area contributed by atoms with Gasteiger partial charge in [-0.05, 0) is 28.1 Å². The third-order valence-corrected chi connectivity index (χ3v) is 3.09. The van der Waals surface area contributed by atoms with Crippen molar-refractivity contribution in [1.29, 1.82) is 0 Å². The van der Waals surface area contributed by atoms with Crippen LogP contribution >= 0.6 is 15.9 Å². The van der Waals surface area contributed by atoms with Crippen LogP contribution in [0.1, 0.15) is 10.5 Å². The van der Waals surface area contributed by atoms with E-state index in [4.69, 9.17) is 10.2 Å². The van der Waals surface area contributed by atoms with E-state index in [-0.39, 0.29) is 15.7 Å². The Labute approximate surface area is 103 Å². The number of rotatable bonds is 1. The summed E-state index contributed by atoms with van der Waals surface area (Å²) in [5, 5.41) is 27.7. The zero-order valence-electron chi connectivity index (χ0n) is 8.22. The normalized spacial score (nSPS) is 10.6. The molecule has 7 heteroatoms. The second kappa shape index (κ2) is 3.77. The molecule has 0 saturated carbocycles. The number of phenols is 1. The van der Waals surface area contributed by atoms with Crippen molar-refractivity contribution in [3.8, 4) is 5.75 Å². The van der Waals surface area contributed by atoms with Gasteiger partial charge >= 0.3 is 12.1 Å². The quantitative estimate of drug-likeness (QED) is 0.750. The fraction of sp³-hybridized carbons (Fsp3) is 0. The first-order valence-electron chi connectivity index (χ1n) is 4.43. The van der Waals surface area contributed by atoms with Gasteiger partial charge in [-0.2, -0.15) is 0 Å². The number of nitrogens with zero attached hydrogens (tertiary/aromatic N) is 1. The Morgan fingerprint density at radius 2 is 1.88 bits per heavy atom. The molecule has 0 spiro atoms. The molecule has 2 aromatic rings. The molecule has 0 aliphatic rings. The molecule has 0 radical (unpaired) electrons. The van der Waals surface area contributed by atoms with Crippen LogP contribution in [0.5, 0.6) is 5.75 Å². The van der Waals surface area contributed by atoms with Gasteiger partial charge in [-0.15, -0.1) is 0 Å².